The lowest BCUT2D eigenvalue weighted by Crippen LogP contribution is -2.16. The van der Waals surface area contributed by atoms with Crippen molar-refractivity contribution in [3.8, 4) is 11.4 Å². The number of ether oxygens (including phenoxy) is 2. The predicted molar refractivity (Wildman–Crippen MR) is 138 cm³/mol. The van der Waals surface area contributed by atoms with Crippen molar-refractivity contribution in [2.75, 3.05) is 25.3 Å². The summed E-state index contributed by atoms with van der Waals surface area (Å²) in [4.78, 5) is 36.6. The maximum absolute atomic E-state index is 12.7. The van der Waals surface area contributed by atoms with Gasteiger partial charge in [-0.3, -0.25) is 9.36 Å². The maximum Gasteiger partial charge on any atom is 0.337 e. The molecule has 2 aromatic carbocycles. The molecular formula is C26H28N4O5S. The molecule has 0 unspecified atom stereocenters. The quantitative estimate of drug-likeness (QED) is 0.241. The zero-order valence-electron chi connectivity index (χ0n) is 20.6. The third-order valence-corrected chi connectivity index (χ3v) is 6.22. The number of nitrogens with zero attached hydrogens (tertiary/aromatic N) is 3. The smallest absolute Gasteiger partial charge is 0.337 e. The number of hydrogen-bond acceptors (Lipinski definition) is 8. The highest BCUT2D eigenvalue weighted by molar-refractivity contribution is 7.99. The van der Waals surface area contributed by atoms with Gasteiger partial charge in [0.25, 0.3) is 0 Å². The molecule has 0 aliphatic heterocycles. The molecule has 1 heterocycles. The predicted octanol–water partition coefficient (Wildman–Crippen LogP) is 4.56. The van der Waals surface area contributed by atoms with Gasteiger partial charge in [0.2, 0.25) is 5.91 Å². The summed E-state index contributed by atoms with van der Waals surface area (Å²) in [7, 11) is 2.46. The van der Waals surface area contributed by atoms with Crippen LogP contribution >= 0.6 is 11.8 Å². The molecule has 0 radical (unpaired) electrons. The Morgan fingerprint density at radius 1 is 1.03 bits per heavy atom. The Hall–Kier alpha value is -3.92. The molecule has 0 fully saturated rings. The van der Waals surface area contributed by atoms with Crippen molar-refractivity contribution >= 4 is 35.3 Å². The summed E-state index contributed by atoms with van der Waals surface area (Å²) in [6, 6.07) is 12.4. The zero-order valence-corrected chi connectivity index (χ0v) is 21.4. The summed E-state index contributed by atoms with van der Waals surface area (Å²) in [6.45, 7) is 8.56. The van der Waals surface area contributed by atoms with E-state index in [-0.39, 0.29) is 28.5 Å². The van der Waals surface area contributed by atoms with Crippen LogP contribution < -0.4 is 5.32 Å². The van der Waals surface area contributed by atoms with Crippen molar-refractivity contribution in [2.45, 2.75) is 31.5 Å². The number of amides is 1. The number of carbonyl (C=O) groups is 3. The third kappa shape index (κ3) is 6.39. The fourth-order valence-corrected chi connectivity index (χ4v) is 4.17. The molecule has 1 N–H and O–H groups in total. The Bertz CT molecular complexity index is 1230. The number of allylic oxidation sites excluding steroid dienone is 1. The summed E-state index contributed by atoms with van der Waals surface area (Å²) < 4.78 is 11.3. The van der Waals surface area contributed by atoms with Gasteiger partial charge in [-0.1, -0.05) is 56.0 Å². The Labute approximate surface area is 213 Å². The van der Waals surface area contributed by atoms with E-state index in [1.54, 1.807) is 6.08 Å². The highest BCUT2D eigenvalue weighted by Crippen LogP contribution is 2.26. The zero-order chi connectivity index (χ0) is 26.2. The first-order chi connectivity index (χ1) is 17.3. The van der Waals surface area contributed by atoms with Crippen molar-refractivity contribution in [3.05, 3.63) is 71.8 Å². The first-order valence-corrected chi connectivity index (χ1v) is 12.1. The second-order valence-electron chi connectivity index (χ2n) is 8.10. The van der Waals surface area contributed by atoms with Gasteiger partial charge in [0.1, 0.15) is 0 Å². The minimum absolute atomic E-state index is 0.0254. The average Bonchev–Trinajstić information content (AvgIpc) is 3.28. The summed E-state index contributed by atoms with van der Waals surface area (Å²) in [5, 5.41) is 11.9. The number of anilines is 1. The number of methoxy groups -OCH3 is 2. The van der Waals surface area contributed by atoms with Gasteiger partial charge >= 0.3 is 11.9 Å². The SMILES string of the molecule is C=CCn1c(SCC(=O)Nc2cc(C(=O)OC)cc(C(=O)OC)c2)nnc1-c1ccc(C(C)C)cc1. The molecule has 0 bridgehead atoms. The van der Waals surface area contributed by atoms with Crippen LogP contribution in [-0.4, -0.2) is 52.6 Å². The Balaban J connectivity index is 1.76. The Morgan fingerprint density at radius 3 is 2.17 bits per heavy atom. The van der Waals surface area contributed by atoms with Crippen LogP contribution in [-0.2, 0) is 20.8 Å². The van der Waals surface area contributed by atoms with E-state index in [4.69, 9.17) is 9.47 Å². The molecule has 0 saturated heterocycles. The van der Waals surface area contributed by atoms with Crippen molar-refractivity contribution in [3.63, 3.8) is 0 Å². The lowest BCUT2D eigenvalue weighted by atomic mass is 10.0. The lowest BCUT2D eigenvalue weighted by Gasteiger charge is -2.11. The monoisotopic (exact) mass is 508 g/mol. The van der Waals surface area contributed by atoms with Gasteiger partial charge in [-0.25, -0.2) is 9.59 Å². The maximum atomic E-state index is 12.7. The van der Waals surface area contributed by atoms with E-state index in [1.807, 2.05) is 16.7 Å². The van der Waals surface area contributed by atoms with E-state index < -0.39 is 11.9 Å². The second-order valence-corrected chi connectivity index (χ2v) is 9.04. The van der Waals surface area contributed by atoms with E-state index >= 15 is 0 Å². The van der Waals surface area contributed by atoms with Gasteiger partial charge in [0.05, 0.1) is 31.1 Å². The number of hydrogen-bond donors (Lipinski definition) is 1. The van der Waals surface area contributed by atoms with Gasteiger partial charge in [0, 0.05) is 17.8 Å². The van der Waals surface area contributed by atoms with Crippen molar-refractivity contribution in [1.29, 1.82) is 0 Å². The van der Waals surface area contributed by atoms with Crippen LogP contribution in [0.15, 0.2) is 60.3 Å². The normalized spacial score (nSPS) is 10.7. The van der Waals surface area contributed by atoms with Gasteiger partial charge < -0.3 is 14.8 Å². The number of esters is 2. The largest absolute Gasteiger partial charge is 0.465 e. The molecule has 3 rings (SSSR count). The van der Waals surface area contributed by atoms with Crippen LogP contribution in [0.4, 0.5) is 5.69 Å². The number of aromatic nitrogens is 3. The highest BCUT2D eigenvalue weighted by Gasteiger charge is 2.17. The van der Waals surface area contributed by atoms with E-state index in [2.05, 4.69) is 48.1 Å². The molecule has 0 aliphatic carbocycles. The van der Waals surface area contributed by atoms with E-state index in [0.717, 1.165) is 5.56 Å². The van der Waals surface area contributed by atoms with Crippen LogP contribution in [0.2, 0.25) is 0 Å². The molecule has 0 aliphatic rings. The molecule has 0 atom stereocenters. The molecule has 3 aromatic rings. The molecule has 0 saturated carbocycles. The van der Waals surface area contributed by atoms with E-state index in [1.165, 1.54) is 49.7 Å². The minimum atomic E-state index is -0.642. The first-order valence-electron chi connectivity index (χ1n) is 11.2. The molecular weight excluding hydrogens is 480 g/mol. The van der Waals surface area contributed by atoms with Gasteiger partial charge in [0.15, 0.2) is 11.0 Å². The number of carbonyl (C=O) groups excluding carboxylic acids is 3. The fourth-order valence-electron chi connectivity index (χ4n) is 3.42. The third-order valence-electron chi connectivity index (χ3n) is 5.26. The molecule has 0 spiro atoms. The van der Waals surface area contributed by atoms with Crippen LogP contribution in [0.25, 0.3) is 11.4 Å². The van der Waals surface area contributed by atoms with Gasteiger partial charge in [-0.15, -0.1) is 16.8 Å². The van der Waals surface area contributed by atoms with Gasteiger partial charge in [-0.05, 0) is 29.7 Å². The van der Waals surface area contributed by atoms with Crippen molar-refractivity contribution < 1.29 is 23.9 Å². The average molecular weight is 509 g/mol. The van der Waals surface area contributed by atoms with Gasteiger partial charge in [-0.2, -0.15) is 0 Å². The highest BCUT2D eigenvalue weighted by atomic mass is 32.2. The summed E-state index contributed by atoms with van der Waals surface area (Å²) in [5.41, 5.74) is 2.64. The van der Waals surface area contributed by atoms with Crippen LogP contribution in [0.3, 0.4) is 0 Å². The number of benzene rings is 2. The standard InChI is InChI=1S/C26H28N4O5S/c1-6-11-30-23(18-9-7-17(8-10-18)16(2)3)28-29-26(30)36-15-22(31)27-21-13-19(24(32)34-4)12-20(14-21)25(33)35-5/h6-10,12-14,16H,1,11,15H2,2-5H3,(H,27,31). The molecule has 188 valence electrons. The number of nitrogens with one attached hydrogen (secondary N) is 1. The van der Waals surface area contributed by atoms with Crippen LogP contribution in [0.5, 0.6) is 0 Å². The molecule has 36 heavy (non-hydrogen) atoms. The number of rotatable bonds is 10. The lowest BCUT2D eigenvalue weighted by molar-refractivity contribution is -0.113. The van der Waals surface area contributed by atoms with E-state index in [0.29, 0.717) is 23.4 Å². The molecule has 1 amide bonds. The summed E-state index contributed by atoms with van der Waals surface area (Å²) in [6.07, 6.45) is 1.74. The van der Waals surface area contributed by atoms with Crippen molar-refractivity contribution in [2.24, 2.45) is 0 Å². The molecule has 10 heteroatoms. The first kappa shape index (κ1) is 26.7. The Morgan fingerprint density at radius 2 is 1.64 bits per heavy atom. The summed E-state index contributed by atoms with van der Waals surface area (Å²) >= 11 is 1.21. The van der Waals surface area contributed by atoms with Crippen molar-refractivity contribution in [1.82, 2.24) is 14.8 Å². The Kier molecular flexibility index (Phi) is 9.02. The van der Waals surface area contributed by atoms with Crippen LogP contribution in [0, 0.1) is 0 Å². The topological polar surface area (TPSA) is 112 Å². The molecule has 9 nitrogen and oxygen atoms in total. The van der Waals surface area contributed by atoms with Crippen LogP contribution in [0.1, 0.15) is 46.0 Å². The van der Waals surface area contributed by atoms with E-state index in [9.17, 15) is 14.4 Å². The fraction of sp³-hybridized carbons (Fsp3) is 0.269. The number of thioether (sulfide) groups is 1. The summed E-state index contributed by atoms with van der Waals surface area (Å²) in [5.74, 6) is -0.506. The second kappa shape index (κ2) is 12.2. The molecule has 1 aromatic heterocycles. The minimum Gasteiger partial charge on any atom is -0.465 e.